The summed E-state index contributed by atoms with van der Waals surface area (Å²) in [7, 11) is 0. The highest BCUT2D eigenvalue weighted by Crippen LogP contribution is 2.34. The van der Waals surface area contributed by atoms with Crippen LogP contribution >= 0.6 is 0 Å². The number of rotatable bonds is 8. The second kappa shape index (κ2) is 10.3. The van der Waals surface area contributed by atoms with Crippen molar-refractivity contribution >= 4 is 17.0 Å². The lowest BCUT2D eigenvalue weighted by atomic mass is 9.81. The molecule has 4 aromatic rings. The van der Waals surface area contributed by atoms with E-state index in [-0.39, 0.29) is 5.92 Å². The van der Waals surface area contributed by atoms with E-state index in [1.807, 2.05) is 6.07 Å². The molecule has 1 saturated carbocycles. The average Bonchev–Trinajstić information content (AvgIpc) is 3.36. The molecular formula is C27H33N7. The number of pyridine rings is 1. The molecule has 34 heavy (non-hydrogen) atoms. The number of nitrogens with zero attached hydrogens (tertiary/aromatic N) is 3. The Morgan fingerprint density at radius 3 is 2.47 bits per heavy atom. The van der Waals surface area contributed by atoms with Crippen LogP contribution in [0.3, 0.4) is 0 Å². The molecule has 176 valence electrons. The number of aromatic nitrogens is 4. The number of nitrogens with one attached hydrogen (secondary N) is 2. The molecule has 0 saturated heterocycles. The van der Waals surface area contributed by atoms with Gasteiger partial charge in [0.2, 0.25) is 5.65 Å². The van der Waals surface area contributed by atoms with Gasteiger partial charge in [0.05, 0.1) is 0 Å². The van der Waals surface area contributed by atoms with Gasteiger partial charge in [0.25, 0.3) is 0 Å². The van der Waals surface area contributed by atoms with E-state index < -0.39 is 0 Å². The third-order valence-electron chi connectivity index (χ3n) is 7.20. The van der Waals surface area contributed by atoms with Gasteiger partial charge in [-0.2, -0.15) is 10.3 Å². The minimum atomic E-state index is 0.137. The molecule has 7 nitrogen and oxygen atoms in total. The summed E-state index contributed by atoms with van der Waals surface area (Å²) in [5.41, 5.74) is 18.2. The second-order valence-electron chi connectivity index (χ2n) is 9.33. The molecule has 2 heterocycles. The molecule has 2 aromatic heterocycles. The number of anilines is 1. The second-order valence-corrected chi connectivity index (χ2v) is 9.33. The Morgan fingerprint density at radius 1 is 0.971 bits per heavy atom. The van der Waals surface area contributed by atoms with Crippen LogP contribution in [0.5, 0.6) is 0 Å². The van der Waals surface area contributed by atoms with Crippen molar-refractivity contribution in [1.29, 1.82) is 0 Å². The highest BCUT2D eigenvalue weighted by Gasteiger charge is 2.24. The highest BCUT2D eigenvalue weighted by atomic mass is 15.3. The van der Waals surface area contributed by atoms with E-state index in [1.54, 1.807) is 0 Å². The lowest BCUT2D eigenvalue weighted by Crippen LogP contribution is -2.34. The number of fused-ring (bicyclic) bond motifs is 1. The fraction of sp³-hybridized carbons (Fsp3) is 0.370. The van der Waals surface area contributed by atoms with E-state index in [2.05, 4.69) is 80.3 Å². The summed E-state index contributed by atoms with van der Waals surface area (Å²) in [5, 5.41) is 15.1. The van der Waals surface area contributed by atoms with Gasteiger partial charge in [-0.1, -0.05) is 54.6 Å². The molecule has 2 aromatic carbocycles. The molecule has 0 amide bonds. The third kappa shape index (κ3) is 4.95. The summed E-state index contributed by atoms with van der Waals surface area (Å²) in [6.45, 7) is 1.46. The van der Waals surface area contributed by atoms with Crippen LogP contribution in [0.2, 0.25) is 0 Å². The smallest absolute Gasteiger partial charge is 0.203 e. The molecular weight excluding hydrogens is 422 g/mol. The molecule has 1 aliphatic carbocycles. The number of hydrogen-bond acceptors (Lipinski definition) is 6. The standard InChI is InChI=1S/C27H33N7/c28-17-18-6-8-21(9-7-18)23(24-16-25(29)31-27-26(24)32-34-33-27)14-15-30-22-12-10-20(11-13-22)19-4-2-1-3-5-19/h1-9,16,20,22-23,30H,10-15,17,28H2,(H3,29,31,32,33,34). The van der Waals surface area contributed by atoms with Gasteiger partial charge >= 0.3 is 0 Å². The van der Waals surface area contributed by atoms with E-state index in [4.69, 9.17) is 11.5 Å². The van der Waals surface area contributed by atoms with Crippen LogP contribution < -0.4 is 16.8 Å². The fourth-order valence-corrected chi connectivity index (χ4v) is 5.32. The van der Waals surface area contributed by atoms with Crippen molar-refractivity contribution in [2.45, 2.75) is 56.5 Å². The summed E-state index contributed by atoms with van der Waals surface area (Å²) >= 11 is 0. The van der Waals surface area contributed by atoms with Gasteiger partial charge in [-0.05, 0) is 72.9 Å². The number of nitrogen functional groups attached to an aromatic ring is 1. The van der Waals surface area contributed by atoms with Crippen LogP contribution in [-0.4, -0.2) is 33.0 Å². The fourth-order valence-electron chi connectivity index (χ4n) is 5.32. The molecule has 0 bridgehead atoms. The first-order valence-electron chi connectivity index (χ1n) is 12.3. The third-order valence-corrected chi connectivity index (χ3v) is 7.20. The van der Waals surface area contributed by atoms with Crippen LogP contribution in [0.15, 0.2) is 60.7 Å². The van der Waals surface area contributed by atoms with E-state index >= 15 is 0 Å². The van der Waals surface area contributed by atoms with Crippen molar-refractivity contribution in [3.8, 4) is 0 Å². The van der Waals surface area contributed by atoms with E-state index in [0.717, 1.165) is 29.6 Å². The Morgan fingerprint density at radius 2 is 1.74 bits per heavy atom. The van der Waals surface area contributed by atoms with E-state index in [1.165, 1.54) is 36.8 Å². The summed E-state index contributed by atoms with van der Waals surface area (Å²) < 4.78 is 0. The number of aromatic amines is 1. The van der Waals surface area contributed by atoms with Crippen LogP contribution in [0.1, 0.15) is 66.2 Å². The zero-order valence-electron chi connectivity index (χ0n) is 19.5. The Kier molecular flexibility index (Phi) is 6.83. The first-order valence-corrected chi connectivity index (χ1v) is 12.3. The monoisotopic (exact) mass is 455 g/mol. The Hall–Kier alpha value is -3.29. The summed E-state index contributed by atoms with van der Waals surface area (Å²) in [6.07, 6.45) is 5.85. The average molecular weight is 456 g/mol. The Labute approximate surface area is 200 Å². The lowest BCUT2D eigenvalue weighted by molar-refractivity contribution is 0.340. The predicted molar refractivity (Wildman–Crippen MR) is 136 cm³/mol. The normalized spacial score (nSPS) is 19.3. The van der Waals surface area contributed by atoms with Gasteiger partial charge in [0.15, 0.2) is 0 Å². The molecule has 7 heteroatoms. The van der Waals surface area contributed by atoms with Gasteiger partial charge in [-0.15, -0.1) is 5.10 Å². The molecule has 1 atom stereocenters. The Balaban J connectivity index is 1.28. The molecule has 1 fully saturated rings. The predicted octanol–water partition coefficient (Wildman–Crippen LogP) is 4.23. The van der Waals surface area contributed by atoms with Crippen molar-refractivity contribution in [1.82, 2.24) is 25.7 Å². The largest absolute Gasteiger partial charge is 0.384 e. The first-order chi connectivity index (χ1) is 16.7. The van der Waals surface area contributed by atoms with Crippen molar-refractivity contribution in [3.05, 3.63) is 82.9 Å². The minimum absolute atomic E-state index is 0.137. The Bertz CT molecular complexity index is 1190. The van der Waals surface area contributed by atoms with E-state index in [9.17, 15) is 0 Å². The summed E-state index contributed by atoms with van der Waals surface area (Å²) in [6, 6.07) is 22.0. The quantitative estimate of drug-likeness (QED) is 0.316. The number of benzene rings is 2. The van der Waals surface area contributed by atoms with Gasteiger partial charge in [0, 0.05) is 18.5 Å². The van der Waals surface area contributed by atoms with Crippen molar-refractivity contribution in [3.63, 3.8) is 0 Å². The first kappa shape index (κ1) is 22.5. The molecule has 1 aliphatic rings. The zero-order chi connectivity index (χ0) is 23.3. The maximum absolute atomic E-state index is 6.13. The van der Waals surface area contributed by atoms with Crippen molar-refractivity contribution < 1.29 is 0 Å². The number of hydrogen-bond donors (Lipinski definition) is 4. The van der Waals surface area contributed by atoms with Crippen molar-refractivity contribution in [2.75, 3.05) is 12.3 Å². The van der Waals surface area contributed by atoms with Crippen LogP contribution in [0.25, 0.3) is 11.2 Å². The van der Waals surface area contributed by atoms with Crippen LogP contribution in [0.4, 0.5) is 5.82 Å². The number of nitrogens with two attached hydrogens (primary N) is 2. The highest BCUT2D eigenvalue weighted by molar-refractivity contribution is 5.77. The minimum Gasteiger partial charge on any atom is -0.384 e. The topological polar surface area (TPSA) is 119 Å². The maximum atomic E-state index is 6.13. The summed E-state index contributed by atoms with van der Waals surface area (Å²) in [4.78, 5) is 4.33. The maximum Gasteiger partial charge on any atom is 0.203 e. The zero-order valence-corrected chi connectivity index (χ0v) is 19.5. The molecule has 0 radical (unpaired) electrons. The van der Waals surface area contributed by atoms with Gasteiger partial charge in [-0.25, -0.2) is 4.98 Å². The lowest BCUT2D eigenvalue weighted by Gasteiger charge is -2.30. The van der Waals surface area contributed by atoms with E-state index in [0.29, 0.717) is 30.0 Å². The molecule has 6 N–H and O–H groups in total. The molecule has 5 rings (SSSR count). The molecule has 0 spiro atoms. The van der Waals surface area contributed by atoms with Crippen molar-refractivity contribution in [2.24, 2.45) is 5.73 Å². The SMILES string of the molecule is NCc1ccc(C(CCNC2CCC(c3ccccc3)CC2)c2cc(N)nc3n[nH]nc23)cc1. The van der Waals surface area contributed by atoms with Crippen LogP contribution in [0, 0.1) is 0 Å². The van der Waals surface area contributed by atoms with Gasteiger partial charge in [-0.3, -0.25) is 0 Å². The van der Waals surface area contributed by atoms with Crippen LogP contribution in [-0.2, 0) is 6.54 Å². The number of H-pyrrole nitrogens is 1. The summed E-state index contributed by atoms with van der Waals surface area (Å²) in [5.74, 6) is 1.29. The molecule has 1 unspecified atom stereocenters. The van der Waals surface area contributed by atoms with Gasteiger partial charge < -0.3 is 16.8 Å². The van der Waals surface area contributed by atoms with Gasteiger partial charge in [0.1, 0.15) is 11.3 Å². The molecule has 0 aliphatic heterocycles.